The average Bonchev–Trinajstić information content (AvgIpc) is 2.87. The van der Waals surface area contributed by atoms with E-state index in [4.69, 9.17) is 4.42 Å². The number of anilines is 1. The second-order valence-corrected chi connectivity index (χ2v) is 5.46. The number of para-hydroxylation sites is 1. The first-order valence-corrected chi connectivity index (χ1v) is 7.31. The maximum absolute atomic E-state index is 12.6. The summed E-state index contributed by atoms with van der Waals surface area (Å²) < 4.78 is 5.34. The van der Waals surface area contributed by atoms with E-state index in [0.29, 0.717) is 5.76 Å². The first-order valence-electron chi connectivity index (χ1n) is 7.31. The van der Waals surface area contributed by atoms with Gasteiger partial charge in [-0.3, -0.25) is 4.79 Å². The van der Waals surface area contributed by atoms with Gasteiger partial charge in [-0.1, -0.05) is 18.2 Å². The Morgan fingerprint density at radius 3 is 2.29 bits per heavy atom. The minimum Gasteiger partial charge on any atom is -0.469 e. The van der Waals surface area contributed by atoms with Gasteiger partial charge in [0.05, 0.1) is 11.8 Å². The summed E-state index contributed by atoms with van der Waals surface area (Å²) in [4.78, 5) is 16.8. The van der Waals surface area contributed by atoms with Crippen molar-refractivity contribution in [3.8, 4) is 0 Å². The number of carbonyl (C=O) groups excluding carboxylic acids is 1. The summed E-state index contributed by atoms with van der Waals surface area (Å²) in [6.07, 6.45) is 1.66. The van der Waals surface area contributed by atoms with Crippen LogP contribution in [0.5, 0.6) is 0 Å². The van der Waals surface area contributed by atoms with Crippen molar-refractivity contribution >= 4 is 11.6 Å². The number of benzene rings is 1. The predicted molar refractivity (Wildman–Crippen MR) is 82.7 cm³/mol. The number of rotatable bonds is 2. The van der Waals surface area contributed by atoms with Crippen molar-refractivity contribution in [1.82, 2.24) is 4.90 Å². The van der Waals surface area contributed by atoms with Gasteiger partial charge in [0, 0.05) is 37.4 Å². The standard InChI is InChI=1S/C17H20N2O2/c1-13-12-21-14(2)16(13)17(20)19-10-8-18(9-11-19)15-6-4-3-5-7-15/h3-7,12H,8-11H2,1-2H3. The maximum atomic E-state index is 12.6. The number of hydrogen-bond acceptors (Lipinski definition) is 3. The normalized spacial score (nSPS) is 15.3. The van der Waals surface area contributed by atoms with Crippen LogP contribution in [0.4, 0.5) is 5.69 Å². The summed E-state index contributed by atoms with van der Waals surface area (Å²) in [6.45, 7) is 7.00. The van der Waals surface area contributed by atoms with Crippen LogP contribution in [0.25, 0.3) is 0 Å². The highest BCUT2D eigenvalue weighted by Crippen LogP contribution is 2.20. The lowest BCUT2D eigenvalue weighted by Gasteiger charge is -2.36. The molecule has 1 aromatic heterocycles. The molecule has 3 rings (SSSR count). The molecule has 1 aliphatic heterocycles. The van der Waals surface area contributed by atoms with Crippen molar-refractivity contribution < 1.29 is 9.21 Å². The van der Waals surface area contributed by atoms with Crippen LogP contribution in [0.2, 0.25) is 0 Å². The minimum absolute atomic E-state index is 0.0893. The SMILES string of the molecule is Cc1coc(C)c1C(=O)N1CCN(c2ccccc2)CC1. The average molecular weight is 284 g/mol. The van der Waals surface area contributed by atoms with Gasteiger partial charge < -0.3 is 14.2 Å². The maximum Gasteiger partial charge on any atom is 0.257 e. The van der Waals surface area contributed by atoms with E-state index in [-0.39, 0.29) is 5.91 Å². The first kappa shape index (κ1) is 13.7. The summed E-state index contributed by atoms with van der Waals surface area (Å²) in [6, 6.07) is 10.3. The molecule has 110 valence electrons. The lowest BCUT2D eigenvalue weighted by molar-refractivity contribution is 0.0744. The molecule has 0 atom stereocenters. The fourth-order valence-electron chi connectivity index (χ4n) is 2.86. The van der Waals surface area contributed by atoms with Crippen molar-refractivity contribution in [3.63, 3.8) is 0 Å². The van der Waals surface area contributed by atoms with E-state index in [0.717, 1.165) is 37.3 Å². The number of amides is 1. The van der Waals surface area contributed by atoms with Gasteiger partial charge in [-0.15, -0.1) is 0 Å². The number of carbonyl (C=O) groups is 1. The molecule has 1 aliphatic rings. The molecule has 21 heavy (non-hydrogen) atoms. The fraction of sp³-hybridized carbons (Fsp3) is 0.353. The summed E-state index contributed by atoms with van der Waals surface area (Å²) >= 11 is 0. The molecule has 0 spiro atoms. The number of piperazine rings is 1. The predicted octanol–water partition coefficient (Wildman–Crippen LogP) is 2.86. The molecule has 2 aromatic rings. The summed E-state index contributed by atoms with van der Waals surface area (Å²) in [5.74, 6) is 0.800. The van der Waals surface area contributed by atoms with Crippen LogP contribution in [-0.2, 0) is 0 Å². The van der Waals surface area contributed by atoms with Gasteiger partial charge >= 0.3 is 0 Å². The van der Waals surface area contributed by atoms with Crippen LogP contribution in [0.1, 0.15) is 21.7 Å². The zero-order valence-corrected chi connectivity index (χ0v) is 12.5. The summed E-state index contributed by atoms with van der Waals surface area (Å²) in [7, 11) is 0. The minimum atomic E-state index is 0.0893. The third-order valence-electron chi connectivity index (χ3n) is 4.06. The zero-order chi connectivity index (χ0) is 14.8. The van der Waals surface area contributed by atoms with E-state index in [2.05, 4.69) is 17.0 Å². The Kier molecular flexibility index (Phi) is 3.69. The molecule has 0 saturated carbocycles. The number of nitrogens with zero attached hydrogens (tertiary/aromatic N) is 2. The largest absolute Gasteiger partial charge is 0.469 e. The molecule has 0 bridgehead atoms. The van der Waals surface area contributed by atoms with E-state index >= 15 is 0 Å². The third kappa shape index (κ3) is 2.66. The van der Waals surface area contributed by atoms with E-state index in [1.54, 1.807) is 6.26 Å². The molecule has 1 fully saturated rings. The second kappa shape index (κ2) is 5.64. The topological polar surface area (TPSA) is 36.7 Å². The molecule has 4 heteroatoms. The number of aryl methyl sites for hydroxylation is 2. The second-order valence-electron chi connectivity index (χ2n) is 5.46. The van der Waals surface area contributed by atoms with Crippen LogP contribution in [0.15, 0.2) is 41.0 Å². The Bertz CT molecular complexity index is 606. The first-order chi connectivity index (χ1) is 10.2. The molecular formula is C17H20N2O2. The lowest BCUT2D eigenvalue weighted by atomic mass is 10.1. The monoisotopic (exact) mass is 284 g/mol. The van der Waals surface area contributed by atoms with Crippen molar-refractivity contribution in [1.29, 1.82) is 0 Å². The molecule has 0 unspecified atom stereocenters. The van der Waals surface area contributed by atoms with E-state index in [9.17, 15) is 4.79 Å². The Labute approximate surface area is 125 Å². The van der Waals surface area contributed by atoms with Crippen LogP contribution < -0.4 is 4.90 Å². The van der Waals surface area contributed by atoms with Crippen molar-refractivity contribution in [2.75, 3.05) is 31.1 Å². The highest BCUT2D eigenvalue weighted by atomic mass is 16.3. The van der Waals surface area contributed by atoms with Gasteiger partial charge in [0.15, 0.2) is 0 Å². The molecule has 1 aromatic carbocycles. The summed E-state index contributed by atoms with van der Waals surface area (Å²) in [5, 5.41) is 0. The van der Waals surface area contributed by atoms with Gasteiger partial charge in [0.1, 0.15) is 5.76 Å². The highest BCUT2D eigenvalue weighted by Gasteiger charge is 2.25. The molecular weight excluding hydrogens is 264 g/mol. The smallest absolute Gasteiger partial charge is 0.257 e. The Balaban J connectivity index is 1.68. The number of hydrogen-bond donors (Lipinski definition) is 0. The van der Waals surface area contributed by atoms with Crippen molar-refractivity contribution in [2.24, 2.45) is 0 Å². The number of furan rings is 1. The zero-order valence-electron chi connectivity index (χ0n) is 12.5. The Hall–Kier alpha value is -2.23. The molecule has 0 radical (unpaired) electrons. The lowest BCUT2D eigenvalue weighted by Crippen LogP contribution is -2.49. The van der Waals surface area contributed by atoms with Gasteiger partial charge in [-0.05, 0) is 26.0 Å². The molecule has 0 aliphatic carbocycles. The van der Waals surface area contributed by atoms with Gasteiger partial charge in [0.2, 0.25) is 0 Å². The van der Waals surface area contributed by atoms with Crippen molar-refractivity contribution in [2.45, 2.75) is 13.8 Å². The van der Waals surface area contributed by atoms with Gasteiger partial charge in [-0.25, -0.2) is 0 Å². The van der Waals surface area contributed by atoms with Crippen LogP contribution in [0, 0.1) is 13.8 Å². The van der Waals surface area contributed by atoms with Crippen molar-refractivity contribution in [3.05, 3.63) is 53.5 Å². The highest BCUT2D eigenvalue weighted by molar-refractivity contribution is 5.96. The Morgan fingerprint density at radius 2 is 1.71 bits per heavy atom. The van der Waals surface area contributed by atoms with Gasteiger partial charge in [-0.2, -0.15) is 0 Å². The molecule has 0 N–H and O–H groups in total. The molecule has 4 nitrogen and oxygen atoms in total. The molecule has 1 saturated heterocycles. The quantitative estimate of drug-likeness (QED) is 0.851. The van der Waals surface area contributed by atoms with Crippen LogP contribution in [-0.4, -0.2) is 37.0 Å². The molecule has 1 amide bonds. The summed E-state index contributed by atoms with van der Waals surface area (Å²) in [5.41, 5.74) is 2.87. The van der Waals surface area contributed by atoms with E-state index < -0.39 is 0 Å². The molecule has 2 heterocycles. The van der Waals surface area contributed by atoms with Gasteiger partial charge in [0.25, 0.3) is 5.91 Å². The Morgan fingerprint density at radius 1 is 1.05 bits per heavy atom. The fourth-order valence-corrected chi connectivity index (χ4v) is 2.86. The van der Waals surface area contributed by atoms with E-state index in [1.165, 1.54) is 5.69 Å². The van der Waals surface area contributed by atoms with Crippen LogP contribution >= 0.6 is 0 Å². The van der Waals surface area contributed by atoms with Crippen LogP contribution in [0.3, 0.4) is 0 Å². The van der Waals surface area contributed by atoms with E-state index in [1.807, 2.05) is 36.9 Å². The third-order valence-corrected chi connectivity index (χ3v) is 4.06.